The van der Waals surface area contributed by atoms with Crippen LogP contribution in [0.1, 0.15) is 19.8 Å². The summed E-state index contributed by atoms with van der Waals surface area (Å²) in [4.78, 5) is 29.8. The van der Waals surface area contributed by atoms with Crippen molar-refractivity contribution in [3.05, 3.63) is 24.3 Å². The number of nitrogens with zero attached hydrogens (tertiary/aromatic N) is 2. The maximum atomic E-state index is 12.4. The largest absolute Gasteiger partial charge is 0.356 e. The number of fused-ring (bicyclic) bond motifs is 1. The first-order valence-electron chi connectivity index (χ1n) is 8.12. The zero-order valence-corrected chi connectivity index (χ0v) is 15.3. The van der Waals surface area contributed by atoms with E-state index in [9.17, 15) is 9.59 Å². The number of para-hydroxylation sites is 1. The monoisotopic (exact) mass is 363 g/mol. The summed E-state index contributed by atoms with van der Waals surface area (Å²) in [6, 6.07) is 8.04. The first kappa shape index (κ1) is 17.2. The molecule has 24 heavy (non-hydrogen) atoms. The Hall–Kier alpha value is -1.60. The smallest absolute Gasteiger partial charge is 0.233 e. The number of amides is 2. The van der Waals surface area contributed by atoms with Gasteiger partial charge in [0, 0.05) is 26.6 Å². The standard InChI is InChI=1S/C17H21N3O2S2/c1-12(21)18-10-13-6-8-20(9-7-13)16(22)11-23-17-19-14-4-2-3-5-15(14)24-17/h2-5,13H,6-11H2,1H3,(H,18,21). The van der Waals surface area contributed by atoms with Crippen molar-refractivity contribution in [1.29, 1.82) is 0 Å². The summed E-state index contributed by atoms with van der Waals surface area (Å²) in [6.07, 6.45) is 1.91. The molecule has 2 amide bonds. The lowest BCUT2D eigenvalue weighted by Gasteiger charge is -2.32. The van der Waals surface area contributed by atoms with Crippen molar-refractivity contribution < 1.29 is 9.59 Å². The normalized spacial score (nSPS) is 15.6. The van der Waals surface area contributed by atoms with Crippen LogP contribution >= 0.6 is 23.1 Å². The fourth-order valence-electron chi connectivity index (χ4n) is 2.80. The molecule has 2 heterocycles. The number of piperidine rings is 1. The minimum Gasteiger partial charge on any atom is -0.356 e. The quantitative estimate of drug-likeness (QED) is 0.830. The van der Waals surface area contributed by atoms with Gasteiger partial charge in [-0.15, -0.1) is 11.3 Å². The van der Waals surface area contributed by atoms with Gasteiger partial charge < -0.3 is 10.2 Å². The molecule has 0 unspecified atom stereocenters. The van der Waals surface area contributed by atoms with Crippen LogP contribution in [0.15, 0.2) is 28.6 Å². The molecule has 0 bridgehead atoms. The third-order valence-corrected chi connectivity index (χ3v) is 6.36. The van der Waals surface area contributed by atoms with E-state index in [1.54, 1.807) is 11.3 Å². The van der Waals surface area contributed by atoms with E-state index < -0.39 is 0 Å². The van der Waals surface area contributed by atoms with E-state index in [1.807, 2.05) is 23.1 Å². The van der Waals surface area contributed by atoms with Gasteiger partial charge in [-0.1, -0.05) is 23.9 Å². The first-order chi connectivity index (χ1) is 11.6. The second-order valence-electron chi connectivity index (χ2n) is 6.00. The molecule has 0 radical (unpaired) electrons. The van der Waals surface area contributed by atoms with Crippen molar-refractivity contribution in [3.8, 4) is 0 Å². The highest BCUT2D eigenvalue weighted by molar-refractivity contribution is 8.01. The summed E-state index contributed by atoms with van der Waals surface area (Å²) in [7, 11) is 0. The van der Waals surface area contributed by atoms with Crippen molar-refractivity contribution >= 4 is 45.1 Å². The van der Waals surface area contributed by atoms with Crippen molar-refractivity contribution in [1.82, 2.24) is 15.2 Å². The molecule has 1 aromatic heterocycles. The fraction of sp³-hybridized carbons (Fsp3) is 0.471. The number of nitrogens with one attached hydrogen (secondary N) is 1. The summed E-state index contributed by atoms with van der Waals surface area (Å²) in [5.74, 6) is 1.11. The Bertz CT molecular complexity index is 690. The van der Waals surface area contributed by atoms with E-state index in [0.717, 1.165) is 47.0 Å². The van der Waals surface area contributed by atoms with E-state index in [2.05, 4.69) is 16.4 Å². The van der Waals surface area contributed by atoms with Gasteiger partial charge in [0.25, 0.3) is 0 Å². The Morgan fingerprint density at radius 3 is 2.79 bits per heavy atom. The summed E-state index contributed by atoms with van der Waals surface area (Å²) in [6.45, 7) is 3.82. The number of benzene rings is 1. The Balaban J connectivity index is 1.45. The third-order valence-electron chi connectivity index (χ3n) is 4.20. The van der Waals surface area contributed by atoms with Gasteiger partial charge in [0.2, 0.25) is 11.8 Å². The zero-order chi connectivity index (χ0) is 16.9. The van der Waals surface area contributed by atoms with Crippen molar-refractivity contribution in [2.24, 2.45) is 5.92 Å². The molecule has 1 fully saturated rings. The second-order valence-corrected chi connectivity index (χ2v) is 8.25. The molecule has 3 rings (SSSR count). The average Bonchev–Trinajstić information content (AvgIpc) is 3.01. The van der Waals surface area contributed by atoms with Crippen molar-refractivity contribution in [3.63, 3.8) is 0 Å². The van der Waals surface area contributed by atoms with E-state index >= 15 is 0 Å². The van der Waals surface area contributed by atoms with Gasteiger partial charge in [-0.2, -0.15) is 0 Å². The molecule has 1 aliphatic heterocycles. The molecule has 1 aliphatic rings. The van der Waals surface area contributed by atoms with Crippen LogP contribution < -0.4 is 5.32 Å². The van der Waals surface area contributed by atoms with Crippen LogP contribution in [0.5, 0.6) is 0 Å². The van der Waals surface area contributed by atoms with Gasteiger partial charge in [-0.3, -0.25) is 9.59 Å². The van der Waals surface area contributed by atoms with Crippen molar-refractivity contribution in [2.75, 3.05) is 25.4 Å². The lowest BCUT2D eigenvalue weighted by Crippen LogP contribution is -2.42. The molecule has 1 aromatic carbocycles. The molecular weight excluding hydrogens is 342 g/mol. The van der Waals surface area contributed by atoms with Crippen LogP contribution in [0.25, 0.3) is 10.2 Å². The van der Waals surface area contributed by atoms with E-state index in [1.165, 1.54) is 18.7 Å². The maximum Gasteiger partial charge on any atom is 0.233 e. The topological polar surface area (TPSA) is 62.3 Å². The lowest BCUT2D eigenvalue weighted by atomic mass is 9.97. The van der Waals surface area contributed by atoms with E-state index in [-0.39, 0.29) is 11.8 Å². The summed E-state index contributed by atoms with van der Waals surface area (Å²) in [5, 5.41) is 2.87. The molecule has 0 saturated carbocycles. The number of aromatic nitrogens is 1. The molecule has 1 saturated heterocycles. The number of thiazole rings is 1. The Morgan fingerprint density at radius 2 is 2.08 bits per heavy atom. The predicted molar refractivity (Wildman–Crippen MR) is 98.3 cm³/mol. The Morgan fingerprint density at radius 1 is 1.33 bits per heavy atom. The zero-order valence-electron chi connectivity index (χ0n) is 13.7. The van der Waals surface area contributed by atoms with Gasteiger partial charge in [-0.05, 0) is 30.9 Å². The van der Waals surface area contributed by atoms with E-state index in [0.29, 0.717) is 11.7 Å². The first-order valence-corrected chi connectivity index (χ1v) is 9.92. The predicted octanol–water partition coefficient (Wildman–Crippen LogP) is 2.76. The van der Waals surface area contributed by atoms with Crippen LogP contribution in [0, 0.1) is 5.92 Å². The van der Waals surface area contributed by atoms with Crippen LogP contribution in [-0.4, -0.2) is 47.1 Å². The van der Waals surface area contributed by atoms with Crippen LogP contribution in [0.2, 0.25) is 0 Å². The Labute approximate surface area is 149 Å². The number of thioether (sulfide) groups is 1. The number of hydrogen-bond acceptors (Lipinski definition) is 5. The van der Waals surface area contributed by atoms with Crippen molar-refractivity contribution in [2.45, 2.75) is 24.1 Å². The molecule has 128 valence electrons. The molecule has 7 heteroatoms. The van der Waals surface area contributed by atoms with Gasteiger partial charge in [0.05, 0.1) is 16.0 Å². The number of carbonyl (C=O) groups excluding carboxylic acids is 2. The SMILES string of the molecule is CC(=O)NCC1CCN(C(=O)CSc2nc3ccccc3s2)CC1. The van der Waals surface area contributed by atoms with Crippen LogP contribution in [0.4, 0.5) is 0 Å². The second kappa shape index (κ2) is 7.98. The summed E-state index contributed by atoms with van der Waals surface area (Å²) < 4.78 is 2.11. The Kier molecular flexibility index (Phi) is 5.73. The summed E-state index contributed by atoms with van der Waals surface area (Å²) in [5.41, 5.74) is 0.997. The maximum absolute atomic E-state index is 12.4. The lowest BCUT2D eigenvalue weighted by molar-refractivity contribution is -0.130. The molecule has 0 spiro atoms. The molecular formula is C17H21N3O2S2. The molecule has 0 aliphatic carbocycles. The van der Waals surface area contributed by atoms with Crippen LogP contribution in [-0.2, 0) is 9.59 Å². The molecule has 1 N–H and O–H groups in total. The molecule has 2 aromatic rings. The molecule has 0 atom stereocenters. The van der Waals surface area contributed by atoms with Gasteiger partial charge in [0.15, 0.2) is 4.34 Å². The highest BCUT2D eigenvalue weighted by Gasteiger charge is 2.23. The van der Waals surface area contributed by atoms with Crippen LogP contribution in [0.3, 0.4) is 0 Å². The number of likely N-dealkylation sites (tertiary alicyclic amines) is 1. The average molecular weight is 364 g/mol. The van der Waals surface area contributed by atoms with E-state index in [4.69, 9.17) is 0 Å². The minimum absolute atomic E-state index is 0.0146. The number of carbonyl (C=O) groups is 2. The summed E-state index contributed by atoms with van der Waals surface area (Å²) >= 11 is 3.16. The fourth-order valence-corrected chi connectivity index (χ4v) is 4.77. The molecule has 5 nitrogen and oxygen atoms in total. The third kappa shape index (κ3) is 4.48. The number of rotatable bonds is 5. The number of hydrogen-bond donors (Lipinski definition) is 1. The van der Waals surface area contributed by atoms with Gasteiger partial charge in [0.1, 0.15) is 0 Å². The highest BCUT2D eigenvalue weighted by atomic mass is 32.2. The highest BCUT2D eigenvalue weighted by Crippen LogP contribution is 2.29. The minimum atomic E-state index is 0.0146. The van der Waals surface area contributed by atoms with Gasteiger partial charge >= 0.3 is 0 Å². The van der Waals surface area contributed by atoms with Gasteiger partial charge in [-0.25, -0.2) is 4.98 Å².